The van der Waals surface area contributed by atoms with E-state index >= 15 is 0 Å². The van der Waals surface area contributed by atoms with Gasteiger partial charge in [-0.3, -0.25) is 4.79 Å². The van der Waals surface area contributed by atoms with Crippen LogP contribution in [-0.2, 0) is 9.53 Å². The van der Waals surface area contributed by atoms with E-state index in [0.717, 1.165) is 26.0 Å². The molecule has 0 aromatic heterocycles. The lowest BCUT2D eigenvalue weighted by atomic mass is 9.98. The summed E-state index contributed by atoms with van der Waals surface area (Å²) in [6.07, 6.45) is 12.0. The van der Waals surface area contributed by atoms with Crippen LogP contribution in [0.25, 0.3) is 0 Å². The summed E-state index contributed by atoms with van der Waals surface area (Å²) in [6, 6.07) is 0.607. The molecule has 1 aliphatic heterocycles. The minimum absolute atomic E-state index is 0.204. The number of hydrogen-bond acceptors (Lipinski definition) is 3. The smallest absolute Gasteiger partial charge is 0.220 e. The largest absolute Gasteiger partial charge is 0.378 e. The molecule has 2 fully saturated rings. The number of nitrogens with zero attached hydrogens (tertiary/aromatic N) is 1. The summed E-state index contributed by atoms with van der Waals surface area (Å²) in [5.74, 6) is 0.204. The first-order valence-electron chi connectivity index (χ1n) is 8.84. The van der Waals surface area contributed by atoms with Crippen LogP contribution in [0.4, 0.5) is 0 Å². The predicted octanol–water partition coefficient (Wildman–Crippen LogP) is 2.72. The second-order valence-electron chi connectivity index (χ2n) is 6.65. The van der Waals surface area contributed by atoms with E-state index in [1.807, 2.05) is 0 Å². The van der Waals surface area contributed by atoms with Crippen molar-refractivity contribution in [2.24, 2.45) is 0 Å². The number of likely N-dealkylation sites (tertiary alicyclic amines) is 1. The Labute approximate surface area is 129 Å². The quantitative estimate of drug-likeness (QED) is 0.700. The predicted molar refractivity (Wildman–Crippen MR) is 85.3 cm³/mol. The van der Waals surface area contributed by atoms with Crippen LogP contribution in [0.5, 0.6) is 0 Å². The number of amides is 1. The number of rotatable bonds is 8. The van der Waals surface area contributed by atoms with Crippen molar-refractivity contribution in [2.75, 3.05) is 26.7 Å². The molecule has 1 saturated carbocycles. The maximum atomic E-state index is 11.8. The van der Waals surface area contributed by atoms with Gasteiger partial charge in [0.2, 0.25) is 5.91 Å². The SMILES string of the molecule is CN1CCCC[C@@H]1CCC(=O)NCCCOC1CCCC1. The van der Waals surface area contributed by atoms with Crippen molar-refractivity contribution in [2.45, 2.75) is 76.4 Å². The molecule has 1 saturated heterocycles. The summed E-state index contributed by atoms with van der Waals surface area (Å²) >= 11 is 0. The van der Waals surface area contributed by atoms with Gasteiger partial charge < -0.3 is 15.0 Å². The Balaban J connectivity index is 1.45. The molecule has 4 heteroatoms. The Morgan fingerprint density at radius 3 is 2.71 bits per heavy atom. The van der Waals surface area contributed by atoms with Crippen LogP contribution in [0.15, 0.2) is 0 Å². The molecular weight excluding hydrogens is 264 g/mol. The van der Waals surface area contributed by atoms with Gasteiger partial charge >= 0.3 is 0 Å². The summed E-state index contributed by atoms with van der Waals surface area (Å²) in [5, 5.41) is 3.03. The summed E-state index contributed by atoms with van der Waals surface area (Å²) in [7, 11) is 2.18. The van der Waals surface area contributed by atoms with E-state index in [9.17, 15) is 4.79 Å². The zero-order chi connectivity index (χ0) is 14.9. The standard InChI is InChI=1S/C17H32N2O2/c1-19-13-5-4-7-15(19)10-11-17(20)18-12-6-14-21-16-8-2-3-9-16/h15-16H,2-14H2,1H3,(H,18,20)/t15-/m1/s1. The summed E-state index contributed by atoms with van der Waals surface area (Å²) < 4.78 is 5.80. The van der Waals surface area contributed by atoms with E-state index in [0.29, 0.717) is 18.6 Å². The van der Waals surface area contributed by atoms with Crippen molar-refractivity contribution >= 4 is 5.91 Å². The normalized spacial score (nSPS) is 24.3. The first-order valence-corrected chi connectivity index (χ1v) is 8.84. The molecular formula is C17H32N2O2. The molecule has 0 unspecified atom stereocenters. The maximum Gasteiger partial charge on any atom is 0.220 e. The van der Waals surface area contributed by atoms with Gasteiger partial charge in [-0.05, 0) is 52.1 Å². The zero-order valence-corrected chi connectivity index (χ0v) is 13.6. The number of ether oxygens (including phenoxy) is 1. The fourth-order valence-electron chi connectivity index (χ4n) is 3.50. The molecule has 1 aliphatic carbocycles. The summed E-state index contributed by atoms with van der Waals surface area (Å²) in [5.41, 5.74) is 0. The van der Waals surface area contributed by atoms with Crippen molar-refractivity contribution in [3.63, 3.8) is 0 Å². The van der Waals surface area contributed by atoms with Gasteiger partial charge in [0.15, 0.2) is 0 Å². The minimum atomic E-state index is 0.204. The van der Waals surface area contributed by atoms with Crippen LogP contribution in [0, 0.1) is 0 Å². The van der Waals surface area contributed by atoms with Crippen molar-refractivity contribution in [3.8, 4) is 0 Å². The number of carbonyl (C=O) groups excluding carboxylic acids is 1. The number of nitrogens with one attached hydrogen (secondary N) is 1. The summed E-state index contributed by atoms with van der Waals surface area (Å²) in [6.45, 7) is 2.73. The topological polar surface area (TPSA) is 41.6 Å². The van der Waals surface area contributed by atoms with Crippen molar-refractivity contribution < 1.29 is 9.53 Å². The average molecular weight is 296 g/mol. The number of piperidine rings is 1. The van der Waals surface area contributed by atoms with Gasteiger partial charge in [0.25, 0.3) is 0 Å². The zero-order valence-electron chi connectivity index (χ0n) is 13.6. The third kappa shape index (κ3) is 6.35. The molecule has 122 valence electrons. The van der Waals surface area contributed by atoms with Gasteiger partial charge in [-0.15, -0.1) is 0 Å². The lowest BCUT2D eigenvalue weighted by molar-refractivity contribution is -0.121. The van der Waals surface area contributed by atoms with E-state index in [1.54, 1.807) is 0 Å². The van der Waals surface area contributed by atoms with E-state index < -0.39 is 0 Å². The van der Waals surface area contributed by atoms with Gasteiger partial charge in [-0.2, -0.15) is 0 Å². The molecule has 1 atom stereocenters. The van der Waals surface area contributed by atoms with E-state index in [1.165, 1.54) is 51.5 Å². The number of carbonyl (C=O) groups is 1. The van der Waals surface area contributed by atoms with Crippen molar-refractivity contribution in [3.05, 3.63) is 0 Å². The fourth-order valence-corrected chi connectivity index (χ4v) is 3.50. The molecule has 2 aliphatic rings. The van der Waals surface area contributed by atoms with Gasteiger partial charge in [0.05, 0.1) is 6.10 Å². The van der Waals surface area contributed by atoms with Gasteiger partial charge in [0.1, 0.15) is 0 Å². The van der Waals surface area contributed by atoms with Crippen molar-refractivity contribution in [1.82, 2.24) is 10.2 Å². The molecule has 0 radical (unpaired) electrons. The highest BCUT2D eigenvalue weighted by Gasteiger charge is 2.19. The van der Waals surface area contributed by atoms with Crippen LogP contribution >= 0.6 is 0 Å². The summed E-state index contributed by atoms with van der Waals surface area (Å²) in [4.78, 5) is 14.3. The highest BCUT2D eigenvalue weighted by molar-refractivity contribution is 5.75. The van der Waals surface area contributed by atoms with Gasteiger partial charge in [0, 0.05) is 25.6 Å². The second-order valence-corrected chi connectivity index (χ2v) is 6.65. The lowest BCUT2D eigenvalue weighted by Gasteiger charge is -2.32. The van der Waals surface area contributed by atoms with Gasteiger partial charge in [-0.25, -0.2) is 0 Å². The van der Waals surface area contributed by atoms with E-state index in [2.05, 4.69) is 17.3 Å². The molecule has 4 nitrogen and oxygen atoms in total. The molecule has 21 heavy (non-hydrogen) atoms. The Hall–Kier alpha value is -0.610. The fraction of sp³-hybridized carbons (Fsp3) is 0.941. The van der Waals surface area contributed by atoms with Crippen LogP contribution < -0.4 is 5.32 Å². The molecule has 0 aromatic carbocycles. The molecule has 0 aromatic rings. The Morgan fingerprint density at radius 2 is 1.95 bits per heavy atom. The Kier molecular flexibility index (Phi) is 7.51. The molecule has 1 N–H and O–H groups in total. The van der Waals surface area contributed by atoms with Crippen LogP contribution in [0.1, 0.15) is 64.2 Å². The first-order chi connectivity index (χ1) is 10.3. The molecule has 2 rings (SSSR count). The highest BCUT2D eigenvalue weighted by atomic mass is 16.5. The van der Waals surface area contributed by atoms with Crippen molar-refractivity contribution in [1.29, 1.82) is 0 Å². The second kappa shape index (κ2) is 9.42. The lowest BCUT2D eigenvalue weighted by Crippen LogP contribution is -2.37. The minimum Gasteiger partial charge on any atom is -0.378 e. The Bertz CT molecular complexity index is 303. The van der Waals surface area contributed by atoms with Gasteiger partial charge in [-0.1, -0.05) is 19.3 Å². The first kappa shape index (κ1) is 16.8. The Morgan fingerprint density at radius 1 is 1.19 bits per heavy atom. The molecule has 1 heterocycles. The molecule has 0 bridgehead atoms. The van der Waals surface area contributed by atoms with E-state index in [4.69, 9.17) is 4.74 Å². The third-order valence-corrected chi connectivity index (χ3v) is 4.93. The third-order valence-electron chi connectivity index (χ3n) is 4.93. The average Bonchev–Trinajstić information content (AvgIpc) is 2.99. The molecule has 1 amide bonds. The number of hydrogen-bond donors (Lipinski definition) is 1. The highest BCUT2D eigenvalue weighted by Crippen LogP contribution is 2.21. The maximum absolute atomic E-state index is 11.8. The van der Waals surface area contributed by atoms with E-state index in [-0.39, 0.29) is 5.91 Å². The monoisotopic (exact) mass is 296 g/mol. The van der Waals surface area contributed by atoms with Crippen LogP contribution in [-0.4, -0.2) is 49.7 Å². The molecule has 0 spiro atoms. The van der Waals surface area contributed by atoms with Crippen LogP contribution in [0.2, 0.25) is 0 Å². The van der Waals surface area contributed by atoms with Crippen LogP contribution in [0.3, 0.4) is 0 Å².